The Morgan fingerprint density at radius 3 is 2.87 bits per heavy atom. The third-order valence-corrected chi connectivity index (χ3v) is 2.89. The summed E-state index contributed by atoms with van der Waals surface area (Å²) in [6, 6.07) is 1.99. The van der Waals surface area contributed by atoms with Gasteiger partial charge in [0.05, 0.1) is 18.2 Å². The number of nitrogen functional groups attached to an aromatic ring is 1. The van der Waals surface area contributed by atoms with Crippen LogP contribution in [0.5, 0.6) is 0 Å². The van der Waals surface area contributed by atoms with Crippen LogP contribution in [0.1, 0.15) is 21.8 Å². The Morgan fingerprint density at radius 2 is 2.40 bits per heavy atom. The minimum absolute atomic E-state index is 0.128. The topological polar surface area (TPSA) is 83.0 Å². The summed E-state index contributed by atoms with van der Waals surface area (Å²) in [6.07, 6.45) is 0.329. The van der Waals surface area contributed by atoms with Crippen molar-refractivity contribution >= 4 is 22.4 Å². The molecule has 0 spiro atoms. The highest BCUT2D eigenvalue weighted by molar-refractivity contribution is 7.17. The lowest BCUT2D eigenvalue weighted by Gasteiger charge is -2.14. The second-order valence-electron chi connectivity index (χ2n) is 3.10. The van der Waals surface area contributed by atoms with E-state index < -0.39 is 0 Å². The van der Waals surface area contributed by atoms with E-state index >= 15 is 0 Å². The van der Waals surface area contributed by atoms with E-state index in [-0.39, 0.29) is 5.91 Å². The highest BCUT2D eigenvalue weighted by Crippen LogP contribution is 2.20. The molecule has 0 aromatic carbocycles. The average Bonchev–Trinajstić information content (AvgIpc) is 2.53. The molecule has 5 nitrogen and oxygen atoms in total. The lowest BCUT2D eigenvalue weighted by atomic mass is 10.3. The summed E-state index contributed by atoms with van der Waals surface area (Å²) in [6.45, 7) is 2.17. The molecule has 6 heteroatoms. The number of carbonyl (C=O) groups is 1. The lowest BCUT2D eigenvalue weighted by Crippen LogP contribution is -2.27. The fourth-order valence-corrected chi connectivity index (χ4v) is 1.94. The Labute approximate surface area is 92.1 Å². The average molecular weight is 224 g/mol. The maximum Gasteiger partial charge on any atom is 0.265 e. The number of anilines is 1. The molecular weight excluding hydrogens is 212 g/mol. The minimum atomic E-state index is -0.128. The van der Waals surface area contributed by atoms with Gasteiger partial charge in [0, 0.05) is 13.6 Å². The van der Waals surface area contributed by atoms with Crippen molar-refractivity contribution in [3.63, 3.8) is 0 Å². The Bertz CT molecular complexity index is 407. The van der Waals surface area contributed by atoms with Crippen LogP contribution in [-0.4, -0.2) is 29.4 Å². The molecule has 0 fully saturated rings. The summed E-state index contributed by atoms with van der Waals surface area (Å²) in [7, 11) is 1.66. The first-order chi connectivity index (χ1) is 7.06. The van der Waals surface area contributed by atoms with Crippen molar-refractivity contribution in [2.24, 2.45) is 0 Å². The van der Waals surface area contributed by atoms with Crippen LogP contribution in [0.2, 0.25) is 0 Å². The van der Waals surface area contributed by atoms with E-state index in [2.05, 4.69) is 4.98 Å². The molecule has 0 atom stereocenters. The number of hydrogen-bond acceptors (Lipinski definition) is 5. The molecule has 1 amide bonds. The van der Waals surface area contributed by atoms with E-state index in [1.54, 1.807) is 14.0 Å². The van der Waals surface area contributed by atoms with Crippen LogP contribution < -0.4 is 5.73 Å². The number of aryl methyl sites for hydroxylation is 1. The summed E-state index contributed by atoms with van der Waals surface area (Å²) in [5.74, 6) is -0.128. The molecule has 0 aliphatic rings. The van der Waals surface area contributed by atoms with Crippen LogP contribution >= 0.6 is 11.3 Å². The van der Waals surface area contributed by atoms with Crippen LogP contribution in [0.15, 0.2) is 0 Å². The molecule has 80 valence electrons. The first-order valence-corrected chi connectivity index (χ1v) is 5.23. The van der Waals surface area contributed by atoms with Gasteiger partial charge in [-0.3, -0.25) is 4.79 Å². The number of nitrogens with zero attached hydrogens (tertiary/aromatic N) is 3. The van der Waals surface area contributed by atoms with Gasteiger partial charge < -0.3 is 10.6 Å². The smallest absolute Gasteiger partial charge is 0.265 e. The molecule has 1 rings (SSSR count). The molecule has 0 unspecified atom stereocenters. The van der Waals surface area contributed by atoms with Crippen molar-refractivity contribution in [3.05, 3.63) is 10.6 Å². The van der Waals surface area contributed by atoms with Gasteiger partial charge >= 0.3 is 0 Å². The molecule has 0 aliphatic carbocycles. The number of thiazole rings is 1. The van der Waals surface area contributed by atoms with Gasteiger partial charge in [-0.1, -0.05) is 11.3 Å². The normalized spacial score (nSPS) is 9.67. The molecule has 1 heterocycles. The number of aromatic nitrogens is 1. The van der Waals surface area contributed by atoms with Gasteiger partial charge in [0.25, 0.3) is 5.91 Å². The molecule has 0 saturated heterocycles. The fraction of sp³-hybridized carbons (Fsp3) is 0.444. The Hall–Kier alpha value is -1.61. The highest BCUT2D eigenvalue weighted by atomic mass is 32.1. The molecule has 0 bridgehead atoms. The van der Waals surface area contributed by atoms with Crippen LogP contribution in [0.25, 0.3) is 0 Å². The van der Waals surface area contributed by atoms with Crippen molar-refractivity contribution in [1.29, 1.82) is 5.26 Å². The highest BCUT2D eigenvalue weighted by Gasteiger charge is 2.17. The van der Waals surface area contributed by atoms with Gasteiger partial charge in [-0.25, -0.2) is 4.98 Å². The second-order valence-corrected chi connectivity index (χ2v) is 4.13. The van der Waals surface area contributed by atoms with Crippen LogP contribution in [-0.2, 0) is 0 Å². The number of nitriles is 1. The molecular formula is C9H12N4OS. The largest absolute Gasteiger partial charge is 0.375 e. The van der Waals surface area contributed by atoms with Gasteiger partial charge in [-0.05, 0) is 6.92 Å². The molecule has 0 aliphatic heterocycles. The third-order valence-electron chi connectivity index (χ3n) is 1.91. The van der Waals surface area contributed by atoms with Crippen molar-refractivity contribution in [2.45, 2.75) is 13.3 Å². The van der Waals surface area contributed by atoms with Crippen molar-refractivity contribution in [3.8, 4) is 6.07 Å². The maximum absolute atomic E-state index is 11.8. The SMILES string of the molecule is Cc1nc(N)sc1C(=O)N(C)CCC#N. The summed E-state index contributed by atoms with van der Waals surface area (Å²) in [5, 5.41) is 8.80. The van der Waals surface area contributed by atoms with Gasteiger partial charge in [0.1, 0.15) is 4.88 Å². The zero-order valence-corrected chi connectivity index (χ0v) is 9.47. The summed E-state index contributed by atoms with van der Waals surface area (Å²) >= 11 is 1.18. The van der Waals surface area contributed by atoms with E-state index in [1.807, 2.05) is 6.07 Å². The zero-order valence-electron chi connectivity index (χ0n) is 8.65. The van der Waals surface area contributed by atoms with Crippen LogP contribution in [0.3, 0.4) is 0 Å². The molecule has 15 heavy (non-hydrogen) atoms. The maximum atomic E-state index is 11.8. The molecule has 1 aromatic rings. The second kappa shape index (κ2) is 4.75. The number of rotatable bonds is 3. The summed E-state index contributed by atoms with van der Waals surface area (Å²) in [5.41, 5.74) is 6.15. The monoisotopic (exact) mass is 224 g/mol. The Kier molecular flexibility index (Phi) is 3.63. The molecule has 1 aromatic heterocycles. The van der Waals surface area contributed by atoms with E-state index in [9.17, 15) is 4.79 Å². The predicted molar refractivity (Wildman–Crippen MR) is 58.5 cm³/mol. The first-order valence-electron chi connectivity index (χ1n) is 4.41. The number of nitrogens with two attached hydrogens (primary N) is 1. The van der Waals surface area contributed by atoms with E-state index in [1.165, 1.54) is 16.2 Å². The molecule has 0 radical (unpaired) electrons. The quantitative estimate of drug-likeness (QED) is 0.830. The predicted octanol–water partition coefficient (Wildman–Crippen LogP) is 1.02. The Morgan fingerprint density at radius 1 is 1.73 bits per heavy atom. The van der Waals surface area contributed by atoms with Crippen molar-refractivity contribution < 1.29 is 4.79 Å². The van der Waals surface area contributed by atoms with Gasteiger partial charge in [-0.2, -0.15) is 5.26 Å². The molecule has 0 saturated carbocycles. The van der Waals surface area contributed by atoms with Crippen molar-refractivity contribution in [2.75, 3.05) is 19.3 Å². The van der Waals surface area contributed by atoms with Gasteiger partial charge in [0.15, 0.2) is 5.13 Å². The first kappa shape index (κ1) is 11.5. The number of amides is 1. The number of carbonyl (C=O) groups excluding carboxylic acids is 1. The molecule has 2 N–H and O–H groups in total. The minimum Gasteiger partial charge on any atom is -0.375 e. The van der Waals surface area contributed by atoms with Crippen molar-refractivity contribution in [1.82, 2.24) is 9.88 Å². The van der Waals surface area contributed by atoms with E-state index in [0.29, 0.717) is 28.7 Å². The lowest BCUT2D eigenvalue weighted by molar-refractivity contribution is 0.0802. The zero-order chi connectivity index (χ0) is 11.4. The van der Waals surface area contributed by atoms with E-state index in [0.717, 1.165) is 0 Å². The number of hydrogen-bond donors (Lipinski definition) is 1. The van der Waals surface area contributed by atoms with Crippen LogP contribution in [0.4, 0.5) is 5.13 Å². The summed E-state index contributed by atoms with van der Waals surface area (Å²) in [4.78, 5) is 17.8. The van der Waals surface area contributed by atoms with E-state index in [4.69, 9.17) is 11.0 Å². The third kappa shape index (κ3) is 2.67. The summed E-state index contributed by atoms with van der Waals surface area (Å²) < 4.78 is 0. The fourth-order valence-electron chi connectivity index (χ4n) is 1.11. The standard InChI is InChI=1S/C9H12N4OS/c1-6-7(15-9(11)12-6)8(14)13(2)5-3-4-10/h3,5H2,1-2H3,(H2,11,12). The Balaban J connectivity index is 2.76. The van der Waals surface area contributed by atoms with Crippen LogP contribution in [0, 0.1) is 18.3 Å². The van der Waals surface area contributed by atoms with Gasteiger partial charge in [0.2, 0.25) is 0 Å². The van der Waals surface area contributed by atoms with Gasteiger partial charge in [-0.15, -0.1) is 0 Å².